The van der Waals surface area contributed by atoms with E-state index in [9.17, 15) is 13.2 Å². The van der Waals surface area contributed by atoms with Crippen LogP contribution in [0.2, 0.25) is 5.02 Å². The summed E-state index contributed by atoms with van der Waals surface area (Å²) in [5, 5.41) is 6.40. The highest BCUT2D eigenvalue weighted by Gasteiger charge is 2.31. The number of alkyl halides is 3. The molecule has 0 spiro atoms. The largest absolute Gasteiger partial charge is 0.573 e. The zero-order chi connectivity index (χ0) is 21.0. The molecule has 1 heterocycles. The summed E-state index contributed by atoms with van der Waals surface area (Å²) in [5.74, 6) is 0.598. The van der Waals surface area contributed by atoms with Gasteiger partial charge in [-0.05, 0) is 52.9 Å². The topological polar surface area (TPSA) is 68.3 Å². The molecule has 0 saturated carbocycles. The zero-order valence-electron chi connectivity index (χ0n) is 14.7. The van der Waals surface area contributed by atoms with Gasteiger partial charge in [-0.15, -0.1) is 13.2 Å². The van der Waals surface area contributed by atoms with Crippen LogP contribution in [0, 0.1) is 3.70 Å². The minimum absolute atomic E-state index is 0.150. The maximum atomic E-state index is 12.4. The van der Waals surface area contributed by atoms with Crippen LogP contribution in [0.4, 0.5) is 30.4 Å². The lowest BCUT2D eigenvalue weighted by atomic mass is 10.3. The second-order valence-electron chi connectivity index (χ2n) is 5.53. The number of rotatable bonds is 6. The Morgan fingerprint density at radius 3 is 2.52 bits per heavy atom. The first kappa shape index (κ1) is 21.2. The Hall–Kier alpha value is -2.47. The Kier molecular flexibility index (Phi) is 6.52. The molecule has 0 amide bonds. The lowest BCUT2D eigenvalue weighted by molar-refractivity contribution is -0.274. The van der Waals surface area contributed by atoms with E-state index >= 15 is 0 Å². The van der Waals surface area contributed by atoms with Crippen molar-refractivity contribution in [2.45, 2.75) is 6.36 Å². The fourth-order valence-corrected chi connectivity index (χ4v) is 3.21. The number of aromatic nitrogens is 2. The number of hydrogen-bond acceptors (Lipinski definition) is 6. The molecule has 3 aromatic rings. The number of nitrogens with one attached hydrogen (secondary N) is 2. The monoisotopic (exact) mass is 536 g/mol. The van der Waals surface area contributed by atoms with Gasteiger partial charge >= 0.3 is 6.36 Å². The minimum Gasteiger partial charge on any atom is -0.456 e. The van der Waals surface area contributed by atoms with E-state index in [0.29, 0.717) is 11.5 Å². The Morgan fingerprint density at radius 2 is 1.83 bits per heavy atom. The van der Waals surface area contributed by atoms with Crippen molar-refractivity contribution >= 4 is 51.4 Å². The molecular weight excluding hydrogens is 524 g/mol. The van der Waals surface area contributed by atoms with Gasteiger partial charge in [0.25, 0.3) is 0 Å². The predicted molar refractivity (Wildman–Crippen MR) is 112 cm³/mol. The van der Waals surface area contributed by atoms with E-state index in [4.69, 9.17) is 16.3 Å². The van der Waals surface area contributed by atoms with Crippen LogP contribution in [-0.4, -0.2) is 23.4 Å². The summed E-state index contributed by atoms with van der Waals surface area (Å²) >= 11 is 8.35. The van der Waals surface area contributed by atoms with Crippen LogP contribution in [0.15, 0.2) is 48.8 Å². The third-order valence-electron chi connectivity index (χ3n) is 3.51. The fourth-order valence-electron chi connectivity index (χ4n) is 2.34. The summed E-state index contributed by atoms with van der Waals surface area (Å²) in [5.41, 5.74) is 1.37. The Morgan fingerprint density at radius 1 is 1.07 bits per heavy atom. The van der Waals surface area contributed by atoms with Crippen molar-refractivity contribution in [3.8, 4) is 17.2 Å². The molecule has 152 valence electrons. The van der Waals surface area contributed by atoms with Gasteiger partial charge in [0.1, 0.15) is 33.0 Å². The van der Waals surface area contributed by atoms with E-state index in [1.165, 1.54) is 24.5 Å². The van der Waals surface area contributed by atoms with Gasteiger partial charge in [-0.3, -0.25) is 0 Å². The average molecular weight is 537 g/mol. The fraction of sp³-hybridized carbons (Fsp3) is 0.111. The molecule has 2 aromatic carbocycles. The molecule has 0 atom stereocenters. The lowest BCUT2D eigenvalue weighted by Gasteiger charge is -2.14. The standard InChI is InChI=1S/C18H13ClF3IN4O2/c1-24-15-16(23)25-9-26-17(15)27-10-5-6-14(13(19)7-10)28-11-3-2-4-12(8-11)29-18(20,21)22/h2-9,24H,1H3,(H,25,26,27). The van der Waals surface area contributed by atoms with Crippen molar-refractivity contribution in [3.05, 3.63) is 57.5 Å². The Labute approximate surface area is 182 Å². The van der Waals surface area contributed by atoms with Crippen molar-refractivity contribution < 1.29 is 22.6 Å². The highest BCUT2D eigenvalue weighted by Crippen LogP contribution is 2.35. The van der Waals surface area contributed by atoms with Crippen molar-refractivity contribution in [1.82, 2.24) is 9.97 Å². The Balaban J connectivity index is 1.77. The summed E-state index contributed by atoms with van der Waals surface area (Å²) in [7, 11) is 1.76. The molecule has 0 aliphatic heterocycles. The number of nitrogens with zero attached hydrogens (tertiary/aromatic N) is 2. The lowest BCUT2D eigenvalue weighted by Crippen LogP contribution is -2.17. The molecule has 0 radical (unpaired) electrons. The third-order valence-corrected chi connectivity index (χ3v) is 4.63. The molecule has 0 unspecified atom stereocenters. The van der Waals surface area contributed by atoms with Crippen LogP contribution in [-0.2, 0) is 0 Å². The van der Waals surface area contributed by atoms with Gasteiger partial charge in [-0.25, -0.2) is 9.97 Å². The quantitative estimate of drug-likeness (QED) is 0.288. The third kappa shape index (κ3) is 5.76. The number of ether oxygens (including phenoxy) is 2. The first-order chi connectivity index (χ1) is 13.7. The van der Waals surface area contributed by atoms with Gasteiger partial charge < -0.3 is 20.1 Å². The molecule has 2 N–H and O–H groups in total. The van der Waals surface area contributed by atoms with E-state index < -0.39 is 6.36 Å². The van der Waals surface area contributed by atoms with E-state index in [0.717, 1.165) is 15.5 Å². The molecule has 6 nitrogen and oxygen atoms in total. The van der Waals surface area contributed by atoms with Gasteiger partial charge in [0, 0.05) is 18.8 Å². The summed E-state index contributed by atoms with van der Waals surface area (Å²) in [4.78, 5) is 8.30. The number of hydrogen-bond donors (Lipinski definition) is 2. The first-order valence-corrected chi connectivity index (χ1v) is 9.49. The smallest absolute Gasteiger partial charge is 0.456 e. The van der Waals surface area contributed by atoms with Crippen molar-refractivity contribution in [1.29, 1.82) is 0 Å². The molecule has 29 heavy (non-hydrogen) atoms. The van der Waals surface area contributed by atoms with E-state index in [-0.39, 0.29) is 22.3 Å². The molecule has 1 aromatic heterocycles. The number of anilines is 3. The summed E-state index contributed by atoms with van der Waals surface area (Å²) in [6, 6.07) is 10.1. The molecule has 0 bridgehead atoms. The van der Waals surface area contributed by atoms with E-state index in [1.807, 2.05) is 0 Å². The van der Waals surface area contributed by atoms with Crippen molar-refractivity contribution in [2.24, 2.45) is 0 Å². The zero-order valence-corrected chi connectivity index (χ0v) is 17.6. The average Bonchev–Trinajstić information content (AvgIpc) is 2.63. The number of halogens is 5. The maximum Gasteiger partial charge on any atom is 0.573 e. The first-order valence-electron chi connectivity index (χ1n) is 8.03. The molecule has 0 saturated heterocycles. The van der Waals surface area contributed by atoms with Crippen LogP contribution < -0.4 is 20.1 Å². The normalized spacial score (nSPS) is 11.1. The second-order valence-corrected chi connectivity index (χ2v) is 6.96. The van der Waals surface area contributed by atoms with E-state index in [2.05, 4.69) is 47.9 Å². The molecule has 3 rings (SSSR count). The molecule has 11 heteroatoms. The highest BCUT2D eigenvalue weighted by molar-refractivity contribution is 14.1. The molecule has 0 aliphatic carbocycles. The molecular formula is C18H13ClF3IN4O2. The molecule has 0 aliphatic rings. The SMILES string of the molecule is CNc1c(I)ncnc1Nc1ccc(Oc2cccc(OC(F)(F)F)c2)c(Cl)c1. The van der Waals surface area contributed by atoms with Gasteiger partial charge in [-0.2, -0.15) is 0 Å². The van der Waals surface area contributed by atoms with Crippen LogP contribution in [0.5, 0.6) is 17.2 Å². The van der Waals surface area contributed by atoms with Gasteiger partial charge in [0.2, 0.25) is 0 Å². The summed E-state index contributed by atoms with van der Waals surface area (Å²) in [6.07, 6.45) is -3.35. The minimum atomic E-state index is -4.78. The summed E-state index contributed by atoms with van der Waals surface area (Å²) < 4.78 is 47.3. The molecule has 0 fully saturated rings. The summed E-state index contributed by atoms with van der Waals surface area (Å²) in [6.45, 7) is 0. The van der Waals surface area contributed by atoms with Crippen LogP contribution in [0.1, 0.15) is 0 Å². The van der Waals surface area contributed by atoms with Gasteiger partial charge in [-0.1, -0.05) is 17.7 Å². The number of benzene rings is 2. The second kappa shape index (κ2) is 8.91. The van der Waals surface area contributed by atoms with Crippen LogP contribution in [0.25, 0.3) is 0 Å². The highest BCUT2D eigenvalue weighted by atomic mass is 127. The van der Waals surface area contributed by atoms with Gasteiger partial charge in [0.05, 0.1) is 5.02 Å². The van der Waals surface area contributed by atoms with Crippen molar-refractivity contribution in [3.63, 3.8) is 0 Å². The van der Waals surface area contributed by atoms with E-state index in [1.54, 1.807) is 25.2 Å². The van der Waals surface area contributed by atoms with Gasteiger partial charge in [0.15, 0.2) is 5.82 Å². The maximum absolute atomic E-state index is 12.4. The predicted octanol–water partition coefficient (Wildman–Crippen LogP) is 6.21. The van der Waals surface area contributed by atoms with Crippen molar-refractivity contribution in [2.75, 3.05) is 17.7 Å². The van der Waals surface area contributed by atoms with Crippen LogP contribution in [0.3, 0.4) is 0 Å². The van der Waals surface area contributed by atoms with Crippen LogP contribution >= 0.6 is 34.2 Å². The Bertz CT molecular complexity index is 1020.